The van der Waals surface area contributed by atoms with E-state index in [1.165, 1.54) is 6.92 Å². The van der Waals surface area contributed by atoms with Crippen LogP contribution in [0.3, 0.4) is 0 Å². The third-order valence-corrected chi connectivity index (χ3v) is 4.00. The number of benzene rings is 2. The molecule has 0 spiro atoms. The minimum Gasteiger partial charge on any atom is -0.508 e. The Hall–Kier alpha value is -2.97. The summed E-state index contributed by atoms with van der Waals surface area (Å²) in [7, 11) is 0. The fourth-order valence-corrected chi connectivity index (χ4v) is 2.66. The predicted molar refractivity (Wildman–Crippen MR) is 87.9 cm³/mol. The molecular weight excluding hydrogens is 390 g/mol. The summed E-state index contributed by atoms with van der Waals surface area (Å²) in [4.78, 5) is 11.5. The van der Waals surface area contributed by atoms with Gasteiger partial charge in [-0.1, -0.05) is 30.8 Å². The fraction of sp³-hybridized carbons (Fsp3) is 0.211. The van der Waals surface area contributed by atoms with Gasteiger partial charge in [0.15, 0.2) is 0 Å². The summed E-state index contributed by atoms with van der Waals surface area (Å²) in [6.07, 6.45) is -11.5. The van der Waals surface area contributed by atoms with Gasteiger partial charge in [-0.05, 0) is 42.3 Å². The van der Waals surface area contributed by atoms with Gasteiger partial charge in [-0.25, -0.2) is 4.79 Å². The smallest absolute Gasteiger partial charge is 0.411 e. The number of phenolic OH excluding ortho intramolecular Hbond substituents is 1. The Morgan fingerprint density at radius 3 is 1.61 bits per heavy atom. The lowest BCUT2D eigenvalue weighted by atomic mass is 9.73. The van der Waals surface area contributed by atoms with E-state index in [1.54, 1.807) is 0 Å². The highest BCUT2D eigenvalue weighted by atomic mass is 19.4. The first-order valence-electron chi connectivity index (χ1n) is 7.72. The number of aromatic hydroxyl groups is 1. The van der Waals surface area contributed by atoms with E-state index in [9.17, 15) is 36.2 Å². The van der Waals surface area contributed by atoms with E-state index in [1.807, 2.05) is 0 Å². The second-order valence-corrected chi connectivity index (χ2v) is 5.99. The zero-order valence-corrected chi connectivity index (χ0v) is 14.4. The maximum atomic E-state index is 13.9. The van der Waals surface area contributed by atoms with Crippen molar-refractivity contribution < 1.29 is 41.0 Å². The van der Waals surface area contributed by atoms with Gasteiger partial charge in [-0.15, -0.1) is 0 Å². The van der Waals surface area contributed by atoms with Crippen LogP contribution in [-0.4, -0.2) is 23.4 Å². The molecule has 0 aliphatic rings. The third kappa shape index (κ3) is 3.69. The number of hydrogen-bond acceptors (Lipinski definition) is 3. The SMILES string of the molecule is C=C(C)C(=O)Oc1ccc(C(c2ccc(O)cc2)(C(F)(F)F)C(F)(F)F)cc1. The average molecular weight is 404 g/mol. The zero-order valence-electron chi connectivity index (χ0n) is 14.4. The van der Waals surface area contributed by atoms with Gasteiger partial charge >= 0.3 is 18.3 Å². The van der Waals surface area contributed by atoms with Crippen LogP contribution in [0.4, 0.5) is 26.3 Å². The van der Waals surface area contributed by atoms with Gasteiger partial charge in [0, 0.05) is 5.57 Å². The van der Waals surface area contributed by atoms with Crippen molar-refractivity contribution in [1.82, 2.24) is 0 Å². The summed E-state index contributed by atoms with van der Waals surface area (Å²) in [5, 5.41) is 9.25. The van der Waals surface area contributed by atoms with E-state index in [0.717, 1.165) is 24.3 Å². The predicted octanol–water partition coefficient (Wildman–Crippen LogP) is 5.28. The number of rotatable bonds is 4. The van der Waals surface area contributed by atoms with Gasteiger partial charge in [0.2, 0.25) is 5.41 Å². The van der Waals surface area contributed by atoms with Gasteiger partial charge in [0.05, 0.1) is 0 Å². The molecule has 0 heterocycles. The maximum absolute atomic E-state index is 13.9. The molecule has 0 atom stereocenters. The Morgan fingerprint density at radius 2 is 1.25 bits per heavy atom. The Morgan fingerprint density at radius 1 is 0.857 bits per heavy atom. The summed E-state index contributed by atoms with van der Waals surface area (Å²) in [5.41, 5.74) is -6.57. The lowest BCUT2D eigenvalue weighted by Crippen LogP contribution is -2.54. The van der Waals surface area contributed by atoms with Crippen LogP contribution >= 0.6 is 0 Å². The molecule has 0 fully saturated rings. The first-order chi connectivity index (χ1) is 12.8. The Kier molecular flexibility index (Phi) is 5.50. The van der Waals surface area contributed by atoms with Crippen molar-refractivity contribution in [3.05, 3.63) is 71.8 Å². The molecule has 9 heteroatoms. The van der Waals surface area contributed by atoms with Crippen LogP contribution < -0.4 is 4.74 Å². The largest absolute Gasteiger partial charge is 0.508 e. The van der Waals surface area contributed by atoms with Crippen LogP contribution in [0.25, 0.3) is 0 Å². The minimum absolute atomic E-state index is 0.00750. The van der Waals surface area contributed by atoms with E-state index in [0.29, 0.717) is 24.3 Å². The molecule has 0 radical (unpaired) electrons. The summed E-state index contributed by atoms with van der Waals surface area (Å²) in [6, 6.07) is 5.46. The fourth-order valence-electron chi connectivity index (χ4n) is 2.66. The molecule has 2 aromatic rings. The average Bonchev–Trinajstić information content (AvgIpc) is 2.56. The number of esters is 1. The van der Waals surface area contributed by atoms with E-state index < -0.39 is 40.6 Å². The molecule has 0 aliphatic heterocycles. The Bertz CT molecular complexity index is 851. The van der Waals surface area contributed by atoms with Gasteiger partial charge in [0.25, 0.3) is 0 Å². The van der Waals surface area contributed by atoms with E-state index in [-0.39, 0.29) is 11.3 Å². The standard InChI is InChI=1S/C19H14F6O3/c1-11(2)16(27)28-15-9-5-13(6-10-15)17(18(20,21)22,19(23,24)25)12-3-7-14(26)8-4-12/h3-10,26H,1H2,2H3. The quantitative estimate of drug-likeness (QED) is 0.326. The number of ether oxygens (including phenoxy) is 1. The molecular formula is C19H14F6O3. The minimum atomic E-state index is -5.75. The van der Waals surface area contributed by atoms with Crippen molar-refractivity contribution in [2.24, 2.45) is 0 Å². The summed E-state index contributed by atoms with van der Waals surface area (Å²) in [6.45, 7) is 4.66. The molecule has 0 aliphatic carbocycles. The number of hydrogen-bond donors (Lipinski definition) is 1. The summed E-state index contributed by atoms with van der Waals surface area (Å²) >= 11 is 0. The van der Waals surface area contributed by atoms with Crippen molar-refractivity contribution >= 4 is 5.97 Å². The zero-order chi connectivity index (χ0) is 21.3. The number of carbonyl (C=O) groups excluding carboxylic acids is 1. The molecule has 1 N–H and O–H groups in total. The molecule has 0 unspecified atom stereocenters. The number of alkyl halides is 6. The lowest BCUT2D eigenvalue weighted by Gasteiger charge is -2.38. The van der Waals surface area contributed by atoms with Crippen molar-refractivity contribution in [2.75, 3.05) is 0 Å². The Balaban J connectivity index is 2.67. The van der Waals surface area contributed by atoms with Gasteiger partial charge < -0.3 is 9.84 Å². The van der Waals surface area contributed by atoms with E-state index in [2.05, 4.69) is 6.58 Å². The molecule has 150 valence electrons. The highest BCUT2D eigenvalue weighted by Gasteiger charge is 2.72. The molecule has 0 bridgehead atoms. The molecule has 3 nitrogen and oxygen atoms in total. The topological polar surface area (TPSA) is 46.5 Å². The van der Waals surface area contributed by atoms with E-state index >= 15 is 0 Å². The van der Waals surface area contributed by atoms with Crippen LogP contribution in [0.2, 0.25) is 0 Å². The van der Waals surface area contributed by atoms with Crippen LogP contribution in [-0.2, 0) is 10.2 Å². The molecule has 2 rings (SSSR count). The second-order valence-electron chi connectivity index (χ2n) is 5.99. The summed E-state index contributed by atoms with van der Waals surface area (Å²) < 4.78 is 88.1. The molecule has 0 saturated heterocycles. The van der Waals surface area contributed by atoms with Crippen LogP contribution in [0, 0.1) is 0 Å². The molecule has 2 aromatic carbocycles. The second kappa shape index (κ2) is 7.21. The monoisotopic (exact) mass is 404 g/mol. The van der Waals surface area contributed by atoms with Crippen LogP contribution in [0.5, 0.6) is 11.5 Å². The number of halogens is 6. The Labute approximate surface area is 155 Å². The third-order valence-electron chi connectivity index (χ3n) is 4.00. The molecule has 0 saturated carbocycles. The molecule has 0 aromatic heterocycles. The van der Waals surface area contributed by atoms with Crippen molar-refractivity contribution in [3.63, 3.8) is 0 Å². The van der Waals surface area contributed by atoms with Gasteiger partial charge in [-0.2, -0.15) is 26.3 Å². The van der Waals surface area contributed by atoms with Gasteiger partial charge in [0.1, 0.15) is 11.5 Å². The van der Waals surface area contributed by atoms with Crippen molar-refractivity contribution in [2.45, 2.75) is 24.7 Å². The lowest BCUT2D eigenvalue weighted by molar-refractivity contribution is -0.288. The first-order valence-corrected chi connectivity index (χ1v) is 7.72. The highest BCUT2D eigenvalue weighted by Crippen LogP contribution is 2.56. The maximum Gasteiger partial charge on any atom is 0.411 e. The van der Waals surface area contributed by atoms with Crippen molar-refractivity contribution in [3.8, 4) is 11.5 Å². The van der Waals surface area contributed by atoms with Crippen LogP contribution in [0.15, 0.2) is 60.7 Å². The van der Waals surface area contributed by atoms with Gasteiger partial charge in [-0.3, -0.25) is 0 Å². The number of phenols is 1. The normalized spacial score (nSPS) is 12.5. The van der Waals surface area contributed by atoms with Crippen molar-refractivity contribution in [1.29, 1.82) is 0 Å². The first kappa shape index (κ1) is 21.3. The van der Waals surface area contributed by atoms with Crippen LogP contribution in [0.1, 0.15) is 18.1 Å². The number of carbonyl (C=O) groups is 1. The summed E-state index contributed by atoms with van der Waals surface area (Å²) in [5.74, 6) is -1.59. The van der Waals surface area contributed by atoms with E-state index in [4.69, 9.17) is 4.74 Å². The molecule has 0 amide bonds. The highest BCUT2D eigenvalue weighted by molar-refractivity contribution is 5.88. The molecule has 28 heavy (non-hydrogen) atoms.